The molecule has 0 amide bonds. The number of benzene rings is 1. The van der Waals surface area contributed by atoms with E-state index in [-0.39, 0.29) is 29.7 Å². The van der Waals surface area contributed by atoms with E-state index >= 15 is 0 Å². The van der Waals surface area contributed by atoms with Gasteiger partial charge in [-0.2, -0.15) is 4.31 Å². The first kappa shape index (κ1) is 24.4. The monoisotopic (exact) mass is 548 g/mol. The molecule has 3 rings (SSSR count). The molecule has 1 N–H and O–H groups in total. The van der Waals surface area contributed by atoms with Gasteiger partial charge in [-0.05, 0) is 17.7 Å². The lowest BCUT2D eigenvalue weighted by atomic mass is 10.2. The van der Waals surface area contributed by atoms with Crippen molar-refractivity contribution in [2.75, 3.05) is 52.2 Å². The molecule has 1 aromatic carbocycles. The average molecular weight is 548 g/mol. The summed E-state index contributed by atoms with van der Waals surface area (Å²) in [4.78, 5) is 8.51. The molecule has 2 aromatic rings. The number of piperazine rings is 1. The highest BCUT2D eigenvalue weighted by atomic mass is 127. The van der Waals surface area contributed by atoms with Crippen molar-refractivity contribution in [2.45, 2.75) is 12.3 Å². The van der Waals surface area contributed by atoms with Gasteiger partial charge in [0.2, 0.25) is 10.0 Å². The molecule has 1 saturated heterocycles. The highest BCUT2D eigenvalue weighted by Gasteiger charge is 2.28. The summed E-state index contributed by atoms with van der Waals surface area (Å²) in [5.74, 6) is 0.632. The van der Waals surface area contributed by atoms with Gasteiger partial charge in [0.25, 0.3) is 0 Å². The van der Waals surface area contributed by atoms with Crippen LogP contribution in [0, 0.1) is 0 Å². The van der Waals surface area contributed by atoms with Crippen LogP contribution in [0.2, 0.25) is 0 Å². The van der Waals surface area contributed by atoms with Crippen LogP contribution in [-0.2, 0) is 22.3 Å². The molecule has 0 unspecified atom stereocenters. The number of guanidine groups is 1. The van der Waals surface area contributed by atoms with Crippen molar-refractivity contribution in [3.05, 3.63) is 47.9 Å². The van der Waals surface area contributed by atoms with Gasteiger partial charge in [0.05, 0.1) is 5.69 Å². The Labute approximate surface area is 195 Å². The molecule has 1 aliphatic rings. The Kier molecular flexibility index (Phi) is 8.92. The molecule has 1 aliphatic heterocycles. The molecule has 11 heteroatoms. The summed E-state index contributed by atoms with van der Waals surface area (Å²) in [6, 6.07) is 9.88. The molecule has 166 valence electrons. The minimum atomic E-state index is -3.41. The number of halogens is 1. The number of sulfonamides is 1. The summed E-state index contributed by atoms with van der Waals surface area (Å²) in [7, 11) is 2.36. The number of aromatic nitrogens is 1. The maximum Gasteiger partial charge on any atom is 0.220 e. The molecular formula is C19H29IN6O3S. The molecule has 0 spiro atoms. The maximum atomic E-state index is 12.6. The van der Waals surface area contributed by atoms with Crippen molar-refractivity contribution in [3.8, 4) is 0 Å². The van der Waals surface area contributed by atoms with E-state index in [4.69, 9.17) is 4.52 Å². The number of aliphatic imine (C=N–C) groups is 1. The van der Waals surface area contributed by atoms with Crippen molar-refractivity contribution < 1.29 is 12.9 Å². The summed E-state index contributed by atoms with van der Waals surface area (Å²) in [5, 5.41) is 7.08. The van der Waals surface area contributed by atoms with Gasteiger partial charge in [-0.15, -0.1) is 24.0 Å². The fraction of sp³-hybridized carbons (Fsp3) is 0.474. The zero-order valence-electron chi connectivity index (χ0n) is 17.5. The van der Waals surface area contributed by atoms with E-state index in [1.54, 1.807) is 13.1 Å². The van der Waals surface area contributed by atoms with Crippen molar-refractivity contribution in [1.29, 1.82) is 0 Å². The molecular weight excluding hydrogens is 519 g/mol. The van der Waals surface area contributed by atoms with Crippen LogP contribution < -0.4 is 10.2 Å². The van der Waals surface area contributed by atoms with Crippen molar-refractivity contribution in [2.24, 2.45) is 4.99 Å². The average Bonchev–Trinajstić information content (AvgIpc) is 3.21. The van der Waals surface area contributed by atoms with Crippen LogP contribution >= 0.6 is 24.0 Å². The van der Waals surface area contributed by atoms with E-state index < -0.39 is 10.0 Å². The highest BCUT2D eigenvalue weighted by Crippen LogP contribution is 2.15. The maximum absolute atomic E-state index is 12.6. The van der Waals surface area contributed by atoms with E-state index in [1.165, 1.54) is 10.6 Å². The van der Waals surface area contributed by atoms with Gasteiger partial charge in [-0.25, -0.2) is 8.42 Å². The van der Waals surface area contributed by atoms with E-state index in [0.717, 1.165) is 17.2 Å². The number of rotatable bonds is 6. The highest BCUT2D eigenvalue weighted by molar-refractivity contribution is 14.0. The lowest BCUT2D eigenvalue weighted by molar-refractivity contribution is 0.259. The standard InChI is InChI=1S/C19H28N6O3S.HI/c1-20-19(21-14-16-5-4-6-18(13-16)23(2)3)24-8-10-25(11-9-24)29(26,27)15-17-7-12-28-22-17;/h4-7,12-13H,8-11,14-15H2,1-3H3,(H,20,21);1H. The smallest absolute Gasteiger partial charge is 0.220 e. The Balaban J connectivity index is 0.00000320. The fourth-order valence-electron chi connectivity index (χ4n) is 3.23. The fourth-order valence-corrected chi connectivity index (χ4v) is 4.65. The lowest BCUT2D eigenvalue weighted by Crippen LogP contribution is -2.53. The lowest BCUT2D eigenvalue weighted by Gasteiger charge is -2.35. The molecule has 9 nitrogen and oxygen atoms in total. The van der Waals surface area contributed by atoms with Crippen LogP contribution in [-0.4, -0.2) is 76.1 Å². The summed E-state index contributed by atoms with van der Waals surface area (Å²) >= 11 is 0. The molecule has 0 bridgehead atoms. The molecule has 0 aliphatic carbocycles. The summed E-state index contributed by atoms with van der Waals surface area (Å²) < 4.78 is 31.4. The summed E-state index contributed by atoms with van der Waals surface area (Å²) in [6.45, 7) is 2.64. The number of nitrogens with zero attached hydrogens (tertiary/aromatic N) is 5. The minimum absolute atomic E-state index is 0. The van der Waals surface area contributed by atoms with Gasteiger partial charge in [0.15, 0.2) is 5.96 Å². The number of hydrogen-bond donors (Lipinski definition) is 1. The Bertz CT molecular complexity index is 926. The summed E-state index contributed by atoms with van der Waals surface area (Å²) in [5.41, 5.74) is 2.72. The Hall–Kier alpha value is -1.86. The molecule has 0 radical (unpaired) electrons. The van der Waals surface area contributed by atoms with E-state index in [1.807, 2.05) is 20.2 Å². The minimum Gasteiger partial charge on any atom is -0.378 e. The third-order valence-electron chi connectivity index (χ3n) is 4.84. The van der Waals surface area contributed by atoms with Gasteiger partial charge >= 0.3 is 0 Å². The Morgan fingerprint density at radius 2 is 1.97 bits per heavy atom. The van der Waals surface area contributed by atoms with Crippen LogP contribution in [0.1, 0.15) is 11.3 Å². The topological polar surface area (TPSA) is 94.3 Å². The molecule has 2 heterocycles. The SMILES string of the molecule is CN=C(NCc1cccc(N(C)C)c1)N1CCN(S(=O)(=O)Cc2ccon2)CC1.I. The van der Waals surface area contributed by atoms with Crippen LogP contribution in [0.4, 0.5) is 5.69 Å². The molecule has 1 aromatic heterocycles. The second kappa shape index (κ2) is 11.0. The first-order valence-electron chi connectivity index (χ1n) is 9.48. The van der Waals surface area contributed by atoms with Gasteiger partial charge in [0.1, 0.15) is 12.0 Å². The molecule has 30 heavy (non-hydrogen) atoms. The summed E-state index contributed by atoms with van der Waals surface area (Å²) in [6.07, 6.45) is 1.38. The van der Waals surface area contributed by atoms with E-state index in [0.29, 0.717) is 38.4 Å². The Morgan fingerprint density at radius 3 is 2.57 bits per heavy atom. The van der Waals surface area contributed by atoms with Crippen LogP contribution in [0.5, 0.6) is 0 Å². The molecule has 0 atom stereocenters. The van der Waals surface area contributed by atoms with E-state index in [2.05, 4.69) is 43.5 Å². The number of hydrogen-bond acceptors (Lipinski definition) is 6. The van der Waals surface area contributed by atoms with Crippen LogP contribution in [0.3, 0.4) is 0 Å². The van der Waals surface area contributed by atoms with Gasteiger partial charge in [-0.3, -0.25) is 4.99 Å². The van der Waals surface area contributed by atoms with E-state index in [9.17, 15) is 8.42 Å². The van der Waals surface area contributed by atoms with Crippen LogP contribution in [0.25, 0.3) is 0 Å². The normalized spacial score (nSPS) is 15.6. The molecule has 1 fully saturated rings. The van der Waals surface area contributed by atoms with Crippen molar-refractivity contribution >= 4 is 45.6 Å². The largest absolute Gasteiger partial charge is 0.378 e. The predicted octanol–water partition coefficient (Wildman–Crippen LogP) is 1.58. The zero-order valence-corrected chi connectivity index (χ0v) is 20.6. The predicted molar refractivity (Wildman–Crippen MR) is 129 cm³/mol. The third kappa shape index (κ3) is 6.32. The quantitative estimate of drug-likeness (QED) is 0.333. The second-order valence-corrected chi connectivity index (χ2v) is 9.07. The van der Waals surface area contributed by atoms with Crippen molar-refractivity contribution in [1.82, 2.24) is 19.7 Å². The second-order valence-electron chi connectivity index (χ2n) is 7.10. The first-order chi connectivity index (χ1) is 13.9. The zero-order chi connectivity index (χ0) is 20.9. The van der Waals surface area contributed by atoms with Crippen LogP contribution in [0.15, 0.2) is 46.1 Å². The first-order valence-corrected chi connectivity index (χ1v) is 11.1. The number of anilines is 1. The van der Waals surface area contributed by atoms with Gasteiger partial charge < -0.3 is 19.6 Å². The number of nitrogens with one attached hydrogen (secondary N) is 1. The molecule has 0 saturated carbocycles. The van der Waals surface area contributed by atoms with Gasteiger partial charge in [-0.1, -0.05) is 17.3 Å². The Morgan fingerprint density at radius 1 is 1.23 bits per heavy atom. The van der Waals surface area contributed by atoms with Gasteiger partial charge in [0, 0.05) is 65.6 Å². The van der Waals surface area contributed by atoms with Crippen molar-refractivity contribution in [3.63, 3.8) is 0 Å². The third-order valence-corrected chi connectivity index (χ3v) is 6.65.